The minimum absolute atomic E-state index is 0.869. The van der Waals surface area contributed by atoms with E-state index in [1.165, 1.54) is 0 Å². The minimum Gasteiger partial charge on any atom is -0.456 e. The minimum atomic E-state index is 0.869. The maximum Gasteiger partial charge on any atom is 0.135 e. The van der Waals surface area contributed by atoms with Crippen LogP contribution in [-0.4, -0.2) is 0 Å². The van der Waals surface area contributed by atoms with Crippen LogP contribution < -0.4 is 0 Å². The Labute approximate surface area is 295 Å². The Hall–Kier alpha value is -7.04. The summed E-state index contributed by atoms with van der Waals surface area (Å²) < 4.78 is 24.8. The summed E-state index contributed by atoms with van der Waals surface area (Å²) >= 11 is 0. The van der Waals surface area contributed by atoms with Crippen LogP contribution in [-0.2, 0) is 0 Å². The molecule has 0 bridgehead atoms. The highest BCUT2D eigenvalue weighted by Gasteiger charge is 2.15. The van der Waals surface area contributed by atoms with Gasteiger partial charge < -0.3 is 17.7 Å². The lowest BCUT2D eigenvalue weighted by Crippen LogP contribution is -1.80. The predicted molar refractivity (Wildman–Crippen MR) is 212 cm³/mol. The molecule has 8 aromatic carbocycles. The number of rotatable bonds is 3. The van der Waals surface area contributed by atoms with E-state index in [2.05, 4.69) is 133 Å². The lowest BCUT2D eigenvalue weighted by atomic mass is 9.98. The standard InChI is InChI=1S/C48H26O4/c1-3-7-41-33(5-1)35-21-27(9-15-43(35)49-41)29-11-17-45-37(23-29)39-25-31(13-19-47(39)51-45)32-14-20-48-40(26-32)38-24-30(12-18-46(38)52-48)28-10-16-44-36(22-28)34-6-2-4-8-42(34)50-44/h1-26H. The first-order valence-electron chi connectivity index (χ1n) is 17.5. The van der Waals surface area contributed by atoms with Crippen LogP contribution in [0.25, 0.3) is 121 Å². The van der Waals surface area contributed by atoms with Gasteiger partial charge in [0.1, 0.15) is 44.7 Å². The molecule has 0 N–H and O–H groups in total. The molecule has 12 rings (SSSR count). The van der Waals surface area contributed by atoms with Crippen molar-refractivity contribution in [2.75, 3.05) is 0 Å². The number of benzene rings is 8. The predicted octanol–water partition coefficient (Wildman–Crippen LogP) is 14.3. The van der Waals surface area contributed by atoms with E-state index in [0.717, 1.165) is 121 Å². The zero-order valence-corrected chi connectivity index (χ0v) is 27.6. The Morgan fingerprint density at radius 2 is 0.404 bits per heavy atom. The first-order valence-corrected chi connectivity index (χ1v) is 17.5. The molecule has 0 aliphatic carbocycles. The molecule has 0 unspecified atom stereocenters. The van der Waals surface area contributed by atoms with Crippen molar-refractivity contribution in [2.45, 2.75) is 0 Å². The molecule has 0 atom stereocenters. The molecule has 4 heterocycles. The van der Waals surface area contributed by atoms with Gasteiger partial charge in [-0.05, 0) is 118 Å². The average molecular weight is 667 g/mol. The third-order valence-electron chi connectivity index (χ3n) is 10.7. The van der Waals surface area contributed by atoms with E-state index in [1.807, 2.05) is 24.3 Å². The quantitative estimate of drug-likeness (QED) is 0.188. The highest BCUT2D eigenvalue weighted by Crippen LogP contribution is 2.40. The Balaban J connectivity index is 0.957. The third kappa shape index (κ3) is 4.03. The fraction of sp³-hybridized carbons (Fsp3) is 0. The number of hydrogen-bond acceptors (Lipinski definition) is 4. The van der Waals surface area contributed by atoms with E-state index >= 15 is 0 Å². The lowest BCUT2D eigenvalue weighted by Gasteiger charge is -2.04. The van der Waals surface area contributed by atoms with E-state index in [4.69, 9.17) is 17.7 Å². The van der Waals surface area contributed by atoms with Gasteiger partial charge in [-0.25, -0.2) is 0 Å². The van der Waals surface area contributed by atoms with Gasteiger partial charge in [0.15, 0.2) is 0 Å². The van der Waals surface area contributed by atoms with E-state index in [-0.39, 0.29) is 0 Å². The molecule has 0 saturated heterocycles. The summed E-state index contributed by atoms with van der Waals surface area (Å²) in [7, 11) is 0. The Morgan fingerprint density at radius 3 is 0.673 bits per heavy atom. The van der Waals surface area contributed by atoms with E-state index in [0.29, 0.717) is 0 Å². The van der Waals surface area contributed by atoms with Crippen LogP contribution in [0.4, 0.5) is 0 Å². The molecular formula is C48H26O4. The monoisotopic (exact) mass is 666 g/mol. The molecule has 52 heavy (non-hydrogen) atoms. The fourth-order valence-electron chi connectivity index (χ4n) is 8.08. The summed E-state index contributed by atoms with van der Waals surface area (Å²) in [6.07, 6.45) is 0. The van der Waals surface area contributed by atoms with Crippen molar-refractivity contribution in [3.63, 3.8) is 0 Å². The van der Waals surface area contributed by atoms with Crippen molar-refractivity contribution in [1.82, 2.24) is 0 Å². The van der Waals surface area contributed by atoms with Crippen LogP contribution in [0.15, 0.2) is 175 Å². The van der Waals surface area contributed by atoms with Crippen molar-refractivity contribution < 1.29 is 17.7 Å². The van der Waals surface area contributed by atoms with Crippen LogP contribution in [0, 0.1) is 0 Å². The number of hydrogen-bond donors (Lipinski definition) is 0. The van der Waals surface area contributed by atoms with Crippen molar-refractivity contribution in [1.29, 1.82) is 0 Å². The van der Waals surface area contributed by atoms with E-state index < -0.39 is 0 Å². The summed E-state index contributed by atoms with van der Waals surface area (Å²) in [4.78, 5) is 0. The van der Waals surface area contributed by atoms with Gasteiger partial charge >= 0.3 is 0 Å². The summed E-state index contributed by atoms with van der Waals surface area (Å²) in [6.45, 7) is 0. The molecule has 0 amide bonds. The second-order valence-corrected chi connectivity index (χ2v) is 13.7. The van der Waals surface area contributed by atoms with Crippen LogP contribution in [0.2, 0.25) is 0 Å². The molecule has 0 saturated carbocycles. The number of furan rings is 4. The molecule has 0 radical (unpaired) electrons. The maximum atomic E-state index is 6.33. The smallest absolute Gasteiger partial charge is 0.135 e. The Morgan fingerprint density at radius 1 is 0.192 bits per heavy atom. The fourth-order valence-corrected chi connectivity index (χ4v) is 8.08. The second kappa shape index (κ2) is 10.3. The maximum absolute atomic E-state index is 6.33. The Bertz CT molecular complexity index is 3190. The number of fused-ring (bicyclic) bond motifs is 12. The normalized spacial score (nSPS) is 12.2. The summed E-state index contributed by atoms with van der Waals surface area (Å²) in [5.41, 5.74) is 13.9. The number of para-hydroxylation sites is 2. The van der Waals surface area contributed by atoms with Crippen molar-refractivity contribution in [3.05, 3.63) is 158 Å². The molecule has 4 nitrogen and oxygen atoms in total. The lowest BCUT2D eigenvalue weighted by molar-refractivity contribution is 0.668. The second-order valence-electron chi connectivity index (χ2n) is 13.7. The molecule has 0 fully saturated rings. The van der Waals surface area contributed by atoms with Gasteiger partial charge in [-0.1, -0.05) is 72.8 Å². The zero-order chi connectivity index (χ0) is 33.9. The van der Waals surface area contributed by atoms with Gasteiger partial charge in [0.2, 0.25) is 0 Å². The summed E-state index contributed by atoms with van der Waals surface area (Å²) in [6, 6.07) is 55.1. The molecule has 4 heteroatoms. The van der Waals surface area contributed by atoms with Crippen molar-refractivity contribution >= 4 is 87.8 Å². The molecular weight excluding hydrogens is 641 g/mol. The molecule has 0 aliphatic rings. The molecule has 0 aliphatic heterocycles. The van der Waals surface area contributed by atoms with Crippen molar-refractivity contribution in [2.24, 2.45) is 0 Å². The van der Waals surface area contributed by atoms with Gasteiger partial charge in [-0.15, -0.1) is 0 Å². The first-order chi connectivity index (χ1) is 25.7. The van der Waals surface area contributed by atoms with Gasteiger partial charge in [0, 0.05) is 43.1 Å². The van der Waals surface area contributed by atoms with Crippen LogP contribution in [0.5, 0.6) is 0 Å². The van der Waals surface area contributed by atoms with Gasteiger partial charge in [0.05, 0.1) is 0 Å². The summed E-state index contributed by atoms with van der Waals surface area (Å²) in [5, 5.41) is 8.85. The van der Waals surface area contributed by atoms with Crippen LogP contribution in [0.3, 0.4) is 0 Å². The van der Waals surface area contributed by atoms with Gasteiger partial charge in [0.25, 0.3) is 0 Å². The largest absolute Gasteiger partial charge is 0.456 e. The molecule has 4 aromatic heterocycles. The third-order valence-corrected chi connectivity index (χ3v) is 10.7. The van der Waals surface area contributed by atoms with E-state index in [1.54, 1.807) is 0 Å². The highest BCUT2D eigenvalue weighted by atomic mass is 16.3. The van der Waals surface area contributed by atoms with Crippen LogP contribution >= 0.6 is 0 Å². The topological polar surface area (TPSA) is 52.6 Å². The van der Waals surface area contributed by atoms with Crippen LogP contribution in [0.1, 0.15) is 0 Å². The first kappa shape index (κ1) is 27.7. The highest BCUT2D eigenvalue weighted by molar-refractivity contribution is 6.12. The summed E-state index contributed by atoms with van der Waals surface area (Å²) in [5.74, 6) is 0. The Kier molecular flexibility index (Phi) is 5.47. The van der Waals surface area contributed by atoms with Crippen molar-refractivity contribution in [3.8, 4) is 33.4 Å². The SMILES string of the molecule is c1ccc2c(c1)oc1ccc(-c3ccc4oc5ccc(-c6ccc7oc8ccc(-c9ccc%10oc%11ccccc%11c%10c9)cc8c7c6)cc5c4c3)cc12. The zero-order valence-electron chi connectivity index (χ0n) is 27.6. The van der Waals surface area contributed by atoms with Gasteiger partial charge in [-0.3, -0.25) is 0 Å². The average Bonchev–Trinajstić information content (AvgIpc) is 3.96. The van der Waals surface area contributed by atoms with E-state index in [9.17, 15) is 0 Å². The molecule has 0 spiro atoms. The molecule has 12 aromatic rings. The molecule has 242 valence electrons. The van der Waals surface area contributed by atoms with Gasteiger partial charge in [-0.2, -0.15) is 0 Å².